The van der Waals surface area contributed by atoms with Gasteiger partial charge in [-0.1, -0.05) is 12.1 Å². The van der Waals surface area contributed by atoms with E-state index in [1.807, 2.05) is 4.68 Å². The molecule has 1 aliphatic rings. The molecule has 0 atom stereocenters. The zero-order chi connectivity index (χ0) is 18.9. The number of piperidine rings is 1. The lowest BCUT2D eigenvalue weighted by Gasteiger charge is -2.23. The molecule has 2 N–H and O–H groups in total. The summed E-state index contributed by atoms with van der Waals surface area (Å²) in [4.78, 5) is 8.60. The number of anilines is 1. The molecular weight excluding hydrogens is 357 g/mol. The van der Waals surface area contributed by atoms with Crippen molar-refractivity contribution < 1.29 is 13.2 Å². The summed E-state index contributed by atoms with van der Waals surface area (Å²) in [5.41, 5.74) is 0.610. The molecule has 0 radical (unpaired) electrons. The molecule has 3 heterocycles. The van der Waals surface area contributed by atoms with Crippen molar-refractivity contribution in [2.75, 3.05) is 18.4 Å². The maximum absolute atomic E-state index is 12.9. The summed E-state index contributed by atoms with van der Waals surface area (Å²) in [7, 11) is 0. The van der Waals surface area contributed by atoms with Gasteiger partial charge in [0.2, 0.25) is 0 Å². The summed E-state index contributed by atoms with van der Waals surface area (Å²) in [5, 5.41) is 11.7. The highest BCUT2D eigenvalue weighted by molar-refractivity contribution is 5.86. The van der Waals surface area contributed by atoms with Crippen LogP contribution in [0.5, 0.6) is 0 Å². The second-order valence-electron chi connectivity index (χ2n) is 6.58. The lowest BCUT2D eigenvalue weighted by Crippen LogP contribution is -2.29. The fraction of sp³-hybridized carbons (Fsp3) is 0.389. The molecule has 3 aromatic rings. The van der Waals surface area contributed by atoms with Gasteiger partial charge in [-0.3, -0.25) is 0 Å². The van der Waals surface area contributed by atoms with Crippen LogP contribution in [0.3, 0.4) is 0 Å². The van der Waals surface area contributed by atoms with Crippen molar-refractivity contribution in [3.05, 3.63) is 47.9 Å². The van der Waals surface area contributed by atoms with E-state index in [9.17, 15) is 13.2 Å². The molecule has 142 valence electrons. The van der Waals surface area contributed by atoms with Crippen LogP contribution in [0, 0.1) is 0 Å². The zero-order valence-corrected chi connectivity index (χ0v) is 14.5. The summed E-state index contributed by atoms with van der Waals surface area (Å²) in [6.45, 7) is 2.12. The Bertz CT molecular complexity index is 930. The van der Waals surface area contributed by atoms with Crippen molar-refractivity contribution in [3.63, 3.8) is 0 Å². The van der Waals surface area contributed by atoms with E-state index in [1.54, 1.807) is 12.3 Å². The molecule has 4 rings (SSSR count). The Morgan fingerprint density at radius 1 is 1.19 bits per heavy atom. The third-order valence-electron chi connectivity index (χ3n) is 4.76. The molecule has 2 aromatic heterocycles. The maximum atomic E-state index is 12.9. The van der Waals surface area contributed by atoms with Gasteiger partial charge in [-0.25, -0.2) is 14.6 Å². The topological polar surface area (TPSA) is 67.7 Å². The fourth-order valence-corrected chi connectivity index (χ4v) is 3.37. The van der Waals surface area contributed by atoms with Gasteiger partial charge in [-0.05, 0) is 43.6 Å². The van der Waals surface area contributed by atoms with Crippen molar-refractivity contribution in [3.8, 4) is 0 Å². The SMILES string of the molecule is FC(F)(F)c1cccc(CNc2ncnc3c2cnn3C2CCNCC2)c1. The van der Waals surface area contributed by atoms with E-state index in [0.717, 1.165) is 49.1 Å². The van der Waals surface area contributed by atoms with E-state index >= 15 is 0 Å². The molecule has 1 aromatic carbocycles. The average molecular weight is 376 g/mol. The van der Waals surface area contributed by atoms with E-state index < -0.39 is 11.7 Å². The number of hydrogen-bond donors (Lipinski definition) is 2. The Morgan fingerprint density at radius 2 is 2.00 bits per heavy atom. The molecule has 6 nitrogen and oxygen atoms in total. The van der Waals surface area contributed by atoms with Gasteiger partial charge in [-0.2, -0.15) is 18.3 Å². The summed E-state index contributed by atoms with van der Waals surface area (Å²) in [6.07, 6.45) is 0.775. The second-order valence-corrected chi connectivity index (χ2v) is 6.58. The van der Waals surface area contributed by atoms with Crippen LogP contribution in [0.25, 0.3) is 11.0 Å². The molecule has 1 aliphatic heterocycles. The number of halogens is 3. The third kappa shape index (κ3) is 3.73. The molecule has 27 heavy (non-hydrogen) atoms. The smallest absolute Gasteiger partial charge is 0.365 e. The van der Waals surface area contributed by atoms with Gasteiger partial charge in [0.25, 0.3) is 0 Å². The Hall–Kier alpha value is -2.68. The Labute approximate surface area is 153 Å². The van der Waals surface area contributed by atoms with Crippen LogP contribution in [0.1, 0.15) is 30.0 Å². The van der Waals surface area contributed by atoms with Crippen LogP contribution in [0.4, 0.5) is 19.0 Å². The Kier molecular flexibility index (Phi) is 4.69. The van der Waals surface area contributed by atoms with E-state index in [1.165, 1.54) is 12.4 Å². The lowest BCUT2D eigenvalue weighted by atomic mass is 10.1. The number of hydrogen-bond acceptors (Lipinski definition) is 5. The standard InChI is InChI=1S/C18H19F3N6/c19-18(20,21)13-3-1-2-12(8-13)9-23-16-15-10-26-27(17(15)25-11-24-16)14-4-6-22-7-5-14/h1-3,8,10-11,14,22H,4-7,9H2,(H,23,24,25). The summed E-state index contributed by atoms with van der Waals surface area (Å²) in [6, 6.07) is 5.55. The number of rotatable bonds is 4. The number of nitrogens with zero attached hydrogens (tertiary/aromatic N) is 4. The first kappa shape index (κ1) is 17.7. The van der Waals surface area contributed by atoms with Crippen molar-refractivity contribution >= 4 is 16.9 Å². The van der Waals surface area contributed by atoms with Crippen LogP contribution in [-0.2, 0) is 12.7 Å². The monoisotopic (exact) mass is 376 g/mol. The van der Waals surface area contributed by atoms with E-state index in [-0.39, 0.29) is 12.6 Å². The summed E-state index contributed by atoms with van der Waals surface area (Å²) >= 11 is 0. The molecule has 0 aliphatic carbocycles. The van der Waals surface area contributed by atoms with Gasteiger partial charge in [-0.15, -0.1) is 0 Å². The first-order chi connectivity index (χ1) is 13.0. The zero-order valence-electron chi connectivity index (χ0n) is 14.5. The molecular formula is C18H19F3N6. The highest BCUT2D eigenvalue weighted by atomic mass is 19.4. The van der Waals surface area contributed by atoms with Gasteiger partial charge in [0.15, 0.2) is 5.65 Å². The quantitative estimate of drug-likeness (QED) is 0.731. The van der Waals surface area contributed by atoms with E-state index in [0.29, 0.717) is 11.4 Å². The first-order valence-electron chi connectivity index (χ1n) is 8.81. The molecule has 1 saturated heterocycles. The van der Waals surface area contributed by atoms with Crippen LogP contribution in [0.2, 0.25) is 0 Å². The normalized spacial score (nSPS) is 16.0. The minimum Gasteiger partial charge on any atom is -0.365 e. The number of nitrogens with one attached hydrogen (secondary N) is 2. The predicted octanol–water partition coefficient (Wildman–Crippen LogP) is 3.38. The van der Waals surface area contributed by atoms with Crippen LogP contribution < -0.4 is 10.6 Å². The lowest BCUT2D eigenvalue weighted by molar-refractivity contribution is -0.137. The fourth-order valence-electron chi connectivity index (χ4n) is 3.37. The van der Waals surface area contributed by atoms with Crippen molar-refractivity contribution in [1.82, 2.24) is 25.1 Å². The van der Waals surface area contributed by atoms with Gasteiger partial charge >= 0.3 is 6.18 Å². The third-order valence-corrected chi connectivity index (χ3v) is 4.76. The van der Waals surface area contributed by atoms with Gasteiger partial charge < -0.3 is 10.6 Å². The first-order valence-corrected chi connectivity index (χ1v) is 8.81. The second kappa shape index (κ2) is 7.15. The van der Waals surface area contributed by atoms with Crippen LogP contribution >= 0.6 is 0 Å². The number of alkyl halides is 3. The van der Waals surface area contributed by atoms with Crippen LogP contribution in [0.15, 0.2) is 36.8 Å². The molecule has 0 bridgehead atoms. The Morgan fingerprint density at radius 3 is 2.78 bits per heavy atom. The van der Waals surface area contributed by atoms with E-state index in [2.05, 4.69) is 25.7 Å². The molecule has 0 spiro atoms. The van der Waals surface area contributed by atoms with Crippen molar-refractivity contribution in [2.45, 2.75) is 31.6 Å². The minimum atomic E-state index is -4.35. The van der Waals surface area contributed by atoms with Crippen molar-refractivity contribution in [2.24, 2.45) is 0 Å². The highest BCUT2D eigenvalue weighted by Crippen LogP contribution is 2.30. The highest BCUT2D eigenvalue weighted by Gasteiger charge is 2.30. The van der Waals surface area contributed by atoms with Gasteiger partial charge in [0.05, 0.1) is 23.2 Å². The van der Waals surface area contributed by atoms with E-state index in [4.69, 9.17) is 0 Å². The van der Waals surface area contributed by atoms with Gasteiger partial charge in [0, 0.05) is 6.54 Å². The van der Waals surface area contributed by atoms with Crippen molar-refractivity contribution in [1.29, 1.82) is 0 Å². The average Bonchev–Trinajstić information content (AvgIpc) is 3.11. The number of aromatic nitrogens is 4. The van der Waals surface area contributed by atoms with Gasteiger partial charge in [0.1, 0.15) is 12.1 Å². The molecule has 1 fully saturated rings. The Balaban J connectivity index is 1.55. The minimum absolute atomic E-state index is 0.231. The molecule has 0 amide bonds. The maximum Gasteiger partial charge on any atom is 0.416 e. The largest absolute Gasteiger partial charge is 0.416 e. The molecule has 0 unspecified atom stereocenters. The summed E-state index contributed by atoms with van der Waals surface area (Å²) in [5.74, 6) is 0.567. The number of benzene rings is 1. The molecule has 9 heteroatoms. The summed E-state index contributed by atoms with van der Waals surface area (Å²) < 4.78 is 40.5. The predicted molar refractivity (Wildman–Crippen MR) is 95.2 cm³/mol. The molecule has 0 saturated carbocycles. The van der Waals surface area contributed by atoms with Crippen LogP contribution in [-0.4, -0.2) is 32.8 Å². The number of fused-ring (bicyclic) bond motifs is 1.